The van der Waals surface area contributed by atoms with Crippen molar-refractivity contribution in [1.29, 1.82) is 0 Å². The van der Waals surface area contributed by atoms with Gasteiger partial charge in [-0.05, 0) is 61.0 Å². The Morgan fingerprint density at radius 2 is 1.00 bits per heavy atom. The summed E-state index contributed by atoms with van der Waals surface area (Å²) in [6.45, 7) is 39.4. The third kappa shape index (κ3) is 6.61. The molecule has 0 radical (unpaired) electrons. The van der Waals surface area contributed by atoms with Crippen LogP contribution >= 0.6 is 0 Å². The van der Waals surface area contributed by atoms with Crippen molar-refractivity contribution in [2.75, 3.05) is 0 Å². The van der Waals surface area contributed by atoms with Crippen LogP contribution in [0.5, 0.6) is 0 Å². The van der Waals surface area contributed by atoms with Gasteiger partial charge in [0.25, 0.3) is 0 Å². The van der Waals surface area contributed by atoms with Crippen LogP contribution in [0.15, 0.2) is 53.4 Å². The number of benzene rings is 2. The number of hydrogen-bond acceptors (Lipinski definition) is 1. The van der Waals surface area contributed by atoms with Gasteiger partial charge in [0.2, 0.25) is 0 Å². The van der Waals surface area contributed by atoms with E-state index in [1.165, 1.54) is 33.6 Å². The van der Waals surface area contributed by atoms with Gasteiger partial charge in [0.05, 0.1) is 0 Å². The van der Waals surface area contributed by atoms with E-state index in [2.05, 4.69) is 176 Å². The Morgan fingerprint density at radius 1 is 0.644 bits per heavy atom. The highest BCUT2D eigenvalue weighted by atomic mass is 29.2. The minimum Gasteiger partial charge on any atom is -0.545 e. The second-order valence-corrected chi connectivity index (χ2v) is 27.9. The lowest BCUT2D eigenvalue weighted by Crippen LogP contribution is -2.65. The fourth-order valence-electron chi connectivity index (χ4n) is 8.98. The predicted octanol–water partition coefficient (Wildman–Crippen LogP) is 11.6. The highest BCUT2D eigenvalue weighted by Gasteiger charge is 2.67. The van der Waals surface area contributed by atoms with Gasteiger partial charge in [-0.1, -0.05) is 154 Å². The molecule has 4 nitrogen and oxygen atoms in total. The lowest BCUT2D eigenvalue weighted by molar-refractivity contribution is -0.581. The molecule has 0 aliphatic heterocycles. The molecule has 0 unspecified atom stereocenters. The monoisotopic (exact) mass is 646 g/mol. The molecule has 0 saturated heterocycles. The zero-order chi connectivity index (χ0) is 34.4. The summed E-state index contributed by atoms with van der Waals surface area (Å²) >= 11 is 0. The van der Waals surface area contributed by atoms with Crippen LogP contribution in [0.1, 0.15) is 164 Å². The Kier molecular flexibility index (Phi) is 10.8. The first kappa shape index (κ1) is 37.1. The van der Waals surface area contributed by atoms with E-state index in [4.69, 9.17) is 4.63 Å². The van der Waals surface area contributed by atoms with Gasteiger partial charge in [-0.15, -0.1) is 4.63 Å². The van der Waals surface area contributed by atoms with Crippen molar-refractivity contribution >= 4 is 21.9 Å². The van der Waals surface area contributed by atoms with Crippen molar-refractivity contribution in [1.82, 2.24) is 4.57 Å². The van der Waals surface area contributed by atoms with Crippen molar-refractivity contribution in [3.05, 3.63) is 71.0 Å². The Hall–Kier alpha value is -2.32. The van der Waals surface area contributed by atoms with Crippen LogP contribution in [-0.4, -0.2) is 25.3 Å². The number of imidazole rings is 1. The topological polar surface area (TPSA) is 41.4 Å². The summed E-state index contributed by atoms with van der Waals surface area (Å²) < 4.78 is 10.3. The second kappa shape index (κ2) is 13.1. The van der Waals surface area contributed by atoms with Gasteiger partial charge in [-0.3, -0.25) is 0 Å². The summed E-state index contributed by atoms with van der Waals surface area (Å²) in [4.78, 5) is 13.0. The molecule has 3 rings (SSSR count). The molecule has 0 spiro atoms. The standard InChI is InChI=1S/C39H64N3OSi2/c1-26(2)30-20-18-21-31(27(3)4)34(30)41-24-25-42(35-32(28(5)6)22-19-23-33(35)29(7)8)36(41)40-44(43)45(37(9,10)11,38(12,13)14)39(15,16)17/h18-29,43H,1-17H3/q+1. The third-order valence-corrected chi connectivity index (χ3v) is 26.8. The van der Waals surface area contributed by atoms with Gasteiger partial charge in [-0.2, -0.15) is 9.13 Å². The molecular formula is C39H64N3OSi2+. The van der Waals surface area contributed by atoms with E-state index in [0.29, 0.717) is 23.7 Å². The smallest absolute Gasteiger partial charge is 0.429 e. The molecule has 1 heterocycles. The number of para-hydroxylation sites is 2. The molecule has 248 valence electrons. The second-order valence-electron chi connectivity index (χ2n) is 17.5. The van der Waals surface area contributed by atoms with Crippen LogP contribution < -0.4 is 4.57 Å². The van der Waals surface area contributed by atoms with E-state index in [1.54, 1.807) is 0 Å². The zero-order valence-electron chi connectivity index (χ0n) is 31.7. The van der Waals surface area contributed by atoms with E-state index in [9.17, 15) is 4.80 Å². The van der Waals surface area contributed by atoms with Gasteiger partial charge < -0.3 is 4.80 Å². The lowest BCUT2D eigenvalue weighted by Gasteiger charge is -2.55. The van der Waals surface area contributed by atoms with Crippen LogP contribution in [0.4, 0.5) is 5.95 Å². The lowest BCUT2D eigenvalue weighted by atomic mass is 9.92. The van der Waals surface area contributed by atoms with E-state index in [1.807, 2.05) is 0 Å². The van der Waals surface area contributed by atoms with Gasteiger partial charge in [-0.25, -0.2) is 0 Å². The maximum Gasteiger partial charge on any atom is 0.429 e. The first-order chi connectivity index (χ1) is 20.5. The largest absolute Gasteiger partial charge is 0.545 e. The van der Waals surface area contributed by atoms with Gasteiger partial charge in [0, 0.05) is 0 Å². The van der Waals surface area contributed by atoms with Crippen molar-refractivity contribution in [2.45, 2.75) is 156 Å². The summed E-state index contributed by atoms with van der Waals surface area (Å²) in [5.74, 6) is 2.18. The Labute approximate surface area is 278 Å². The van der Waals surface area contributed by atoms with Crippen molar-refractivity contribution in [2.24, 2.45) is 4.63 Å². The predicted molar refractivity (Wildman–Crippen MR) is 199 cm³/mol. The molecule has 3 aromatic rings. The number of aromatic nitrogens is 2. The van der Waals surface area contributed by atoms with E-state index in [-0.39, 0.29) is 15.1 Å². The number of hydrogen-bond donors (Lipinski definition) is 1. The van der Waals surface area contributed by atoms with E-state index >= 15 is 0 Å². The molecular weight excluding hydrogens is 583 g/mol. The van der Waals surface area contributed by atoms with Crippen LogP contribution in [0.3, 0.4) is 0 Å². The van der Waals surface area contributed by atoms with Crippen molar-refractivity contribution in [3.8, 4) is 11.4 Å². The first-order valence-electron chi connectivity index (χ1n) is 17.2. The minimum atomic E-state index is -2.59. The van der Waals surface area contributed by atoms with E-state index < -0.39 is 15.9 Å². The maximum absolute atomic E-state index is 13.0. The number of nitrogens with zero attached hydrogens (tertiary/aromatic N) is 3. The van der Waals surface area contributed by atoms with Gasteiger partial charge in [0.15, 0.2) is 7.59 Å². The molecule has 1 aromatic heterocycles. The van der Waals surface area contributed by atoms with Crippen LogP contribution in [-0.2, 0) is 0 Å². The SMILES string of the molecule is CC(C)c1cccc(C(C)C)c1-n1cc[n+](-c2c(C(C)C)cccc2C(C)C)c1/N=[Si](\O)[Si](C(C)(C)C)(C(C)(C)C)C(C)(C)C. The van der Waals surface area contributed by atoms with E-state index in [0.717, 1.165) is 5.95 Å². The summed E-state index contributed by atoms with van der Waals surface area (Å²) in [6.07, 6.45) is 4.41. The summed E-state index contributed by atoms with van der Waals surface area (Å²) in [5, 5.41) is -0.220. The maximum atomic E-state index is 13.0. The molecule has 0 aliphatic carbocycles. The summed E-state index contributed by atoms with van der Waals surface area (Å²) in [5.41, 5.74) is 7.63. The Balaban J connectivity index is 2.69. The molecule has 0 amide bonds. The first-order valence-corrected chi connectivity index (χ1v) is 21.6. The molecule has 0 atom stereocenters. The molecule has 45 heavy (non-hydrogen) atoms. The highest BCUT2D eigenvalue weighted by molar-refractivity contribution is 7.30. The van der Waals surface area contributed by atoms with Crippen molar-refractivity contribution < 1.29 is 9.36 Å². The average molecular weight is 647 g/mol. The summed E-state index contributed by atoms with van der Waals surface area (Å²) in [6, 6.07) is 13.5. The zero-order valence-corrected chi connectivity index (χ0v) is 33.7. The quantitative estimate of drug-likeness (QED) is 0.192. The molecule has 0 bridgehead atoms. The minimum absolute atomic E-state index is 0.0732. The fraction of sp³-hybridized carbons (Fsp3) is 0.615. The van der Waals surface area contributed by atoms with Crippen LogP contribution in [0.25, 0.3) is 11.4 Å². The van der Waals surface area contributed by atoms with Gasteiger partial charge in [0.1, 0.15) is 23.8 Å². The molecule has 0 saturated carbocycles. The number of rotatable bonds is 8. The normalized spacial score (nSPS) is 14.0. The Morgan fingerprint density at radius 3 is 1.33 bits per heavy atom. The third-order valence-electron chi connectivity index (χ3n) is 9.88. The summed E-state index contributed by atoms with van der Waals surface area (Å²) in [7, 11) is -4.83. The Bertz CT molecular complexity index is 1350. The van der Waals surface area contributed by atoms with Crippen LogP contribution in [0.2, 0.25) is 15.1 Å². The highest BCUT2D eigenvalue weighted by Crippen LogP contribution is 2.62. The molecule has 0 fully saturated rings. The molecule has 2 aromatic carbocycles. The fourth-order valence-corrected chi connectivity index (χ4v) is 25.2. The molecule has 0 aliphatic rings. The van der Waals surface area contributed by atoms with Gasteiger partial charge >= 0.3 is 14.3 Å². The van der Waals surface area contributed by atoms with Crippen molar-refractivity contribution in [3.63, 3.8) is 0 Å². The molecule has 1 N–H and O–H groups in total. The average Bonchev–Trinajstić information content (AvgIpc) is 3.27. The van der Waals surface area contributed by atoms with Crippen LogP contribution in [0, 0.1) is 0 Å². The molecule has 6 heteroatoms.